The first-order chi connectivity index (χ1) is 12.8. The molecule has 2 fully saturated rings. The zero-order chi connectivity index (χ0) is 19.4. The number of nitrogens with one attached hydrogen (secondary N) is 1. The Hall–Kier alpha value is -1.68. The van der Waals surface area contributed by atoms with Crippen molar-refractivity contribution in [1.29, 1.82) is 0 Å². The molecule has 0 bridgehead atoms. The summed E-state index contributed by atoms with van der Waals surface area (Å²) < 4.78 is 30.9. The Morgan fingerprint density at radius 3 is 2.63 bits per heavy atom. The molecule has 0 saturated carbocycles. The van der Waals surface area contributed by atoms with Crippen molar-refractivity contribution in [1.82, 2.24) is 14.5 Å². The summed E-state index contributed by atoms with van der Waals surface area (Å²) in [5.41, 5.74) is 1.06. The Kier molecular flexibility index (Phi) is 6.36. The molecule has 0 aliphatic carbocycles. The van der Waals surface area contributed by atoms with Crippen LogP contribution in [0.15, 0.2) is 24.3 Å². The van der Waals surface area contributed by atoms with Crippen LogP contribution in [0.4, 0.5) is 0 Å². The normalized spacial score (nSPS) is 23.9. The Labute approximate surface area is 160 Å². The molecule has 2 atom stereocenters. The number of rotatable bonds is 8. The molecule has 27 heavy (non-hydrogen) atoms. The number of likely N-dealkylation sites (tertiary alicyclic amines) is 2. The smallest absolute Gasteiger partial charge is 0.222 e. The van der Waals surface area contributed by atoms with Gasteiger partial charge in [0.05, 0.1) is 24.9 Å². The molecule has 2 aliphatic heterocycles. The lowest BCUT2D eigenvalue weighted by Gasteiger charge is -2.17. The van der Waals surface area contributed by atoms with Gasteiger partial charge in [-0.05, 0) is 24.1 Å². The largest absolute Gasteiger partial charge is 0.492 e. The zero-order valence-corrected chi connectivity index (χ0v) is 16.3. The number of benzene rings is 1. The average molecular weight is 397 g/mol. The highest BCUT2D eigenvalue weighted by molar-refractivity contribution is 7.88. The molecule has 1 aromatic carbocycles. The van der Waals surface area contributed by atoms with E-state index in [4.69, 9.17) is 4.74 Å². The molecular formula is C18H27N3O5S. The maximum absolute atomic E-state index is 11.6. The second-order valence-corrected chi connectivity index (χ2v) is 9.01. The Morgan fingerprint density at radius 1 is 1.26 bits per heavy atom. The maximum atomic E-state index is 11.6. The van der Waals surface area contributed by atoms with E-state index >= 15 is 0 Å². The number of aliphatic hydroxyl groups excluding tert-OH is 1. The molecule has 0 radical (unpaired) electrons. The van der Waals surface area contributed by atoms with Crippen molar-refractivity contribution >= 4 is 15.9 Å². The standard InChI is InChI=1S/C18H27N3O5S/c1-27(24,25)19-16-12-20(13-17(16)22)11-14-4-6-15(7-5-14)26-10-9-21-8-2-3-18(21)23/h4-7,16-17,19,22H,2-3,8-13H2,1H3/t16-,17-/m1/s1. The third-order valence-electron chi connectivity index (χ3n) is 4.86. The first kappa shape index (κ1) is 20.1. The molecule has 2 saturated heterocycles. The molecule has 3 rings (SSSR count). The minimum absolute atomic E-state index is 0.199. The van der Waals surface area contributed by atoms with Gasteiger partial charge in [0.25, 0.3) is 0 Å². The van der Waals surface area contributed by atoms with Gasteiger partial charge in [0.1, 0.15) is 12.4 Å². The van der Waals surface area contributed by atoms with Crippen molar-refractivity contribution in [3.63, 3.8) is 0 Å². The van der Waals surface area contributed by atoms with Crippen LogP contribution >= 0.6 is 0 Å². The number of nitrogens with zero attached hydrogens (tertiary/aromatic N) is 2. The van der Waals surface area contributed by atoms with Crippen molar-refractivity contribution in [3.05, 3.63) is 29.8 Å². The van der Waals surface area contributed by atoms with Gasteiger partial charge in [-0.3, -0.25) is 9.69 Å². The lowest BCUT2D eigenvalue weighted by atomic mass is 10.2. The number of amides is 1. The van der Waals surface area contributed by atoms with Crippen molar-refractivity contribution in [2.75, 3.05) is 39.0 Å². The van der Waals surface area contributed by atoms with Crippen LogP contribution in [-0.4, -0.2) is 80.4 Å². The van der Waals surface area contributed by atoms with Gasteiger partial charge >= 0.3 is 0 Å². The minimum atomic E-state index is -3.34. The first-order valence-electron chi connectivity index (χ1n) is 9.17. The highest BCUT2D eigenvalue weighted by atomic mass is 32.2. The van der Waals surface area contributed by atoms with Crippen LogP contribution in [0.3, 0.4) is 0 Å². The van der Waals surface area contributed by atoms with Crippen LogP contribution in [0.25, 0.3) is 0 Å². The SMILES string of the molecule is CS(=O)(=O)N[C@@H]1CN(Cc2ccc(OCCN3CCCC3=O)cc2)C[C@H]1O. The van der Waals surface area contributed by atoms with Gasteiger partial charge < -0.3 is 14.7 Å². The topological polar surface area (TPSA) is 99.2 Å². The summed E-state index contributed by atoms with van der Waals surface area (Å²) in [4.78, 5) is 15.4. The number of carbonyl (C=O) groups is 1. The fraction of sp³-hybridized carbons (Fsp3) is 0.611. The second-order valence-electron chi connectivity index (χ2n) is 7.23. The van der Waals surface area contributed by atoms with Crippen LogP contribution in [-0.2, 0) is 21.4 Å². The lowest BCUT2D eigenvalue weighted by molar-refractivity contribution is -0.128. The van der Waals surface area contributed by atoms with E-state index in [-0.39, 0.29) is 5.91 Å². The van der Waals surface area contributed by atoms with Crippen molar-refractivity contribution < 1.29 is 23.1 Å². The molecule has 1 aromatic rings. The maximum Gasteiger partial charge on any atom is 0.222 e. The van der Waals surface area contributed by atoms with E-state index in [1.165, 1.54) is 0 Å². The molecule has 2 heterocycles. The number of sulfonamides is 1. The second kappa shape index (κ2) is 8.55. The van der Waals surface area contributed by atoms with Gasteiger partial charge in [-0.15, -0.1) is 0 Å². The highest BCUT2D eigenvalue weighted by Gasteiger charge is 2.32. The van der Waals surface area contributed by atoms with Crippen molar-refractivity contribution in [2.24, 2.45) is 0 Å². The van der Waals surface area contributed by atoms with Crippen LogP contribution < -0.4 is 9.46 Å². The number of carbonyl (C=O) groups excluding carboxylic acids is 1. The Bertz CT molecular complexity index is 753. The third-order valence-corrected chi connectivity index (χ3v) is 5.59. The van der Waals surface area contributed by atoms with Crippen LogP contribution in [0.2, 0.25) is 0 Å². The molecule has 8 nitrogen and oxygen atoms in total. The van der Waals surface area contributed by atoms with E-state index in [2.05, 4.69) is 4.72 Å². The summed E-state index contributed by atoms with van der Waals surface area (Å²) in [5, 5.41) is 10.0. The van der Waals surface area contributed by atoms with Crippen molar-refractivity contribution in [3.8, 4) is 5.75 Å². The summed E-state index contributed by atoms with van der Waals surface area (Å²) in [6, 6.07) is 7.22. The highest BCUT2D eigenvalue weighted by Crippen LogP contribution is 2.18. The summed E-state index contributed by atoms with van der Waals surface area (Å²) >= 11 is 0. The number of hydrogen-bond acceptors (Lipinski definition) is 6. The molecule has 0 spiro atoms. The molecule has 9 heteroatoms. The third kappa shape index (κ3) is 5.90. The van der Waals surface area contributed by atoms with Crippen LogP contribution in [0.1, 0.15) is 18.4 Å². The summed E-state index contributed by atoms with van der Waals surface area (Å²) in [6.45, 7) is 3.43. The van der Waals surface area contributed by atoms with Gasteiger partial charge in [-0.25, -0.2) is 13.1 Å². The van der Waals surface area contributed by atoms with E-state index < -0.39 is 22.2 Å². The van der Waals surface area contributed by atoms with E-state index in [9.17, 15) is 18.3 Å². The molecule has 0 aromatic heterocycles. The summed E-state index contributed by atoms with van der Waals surface area (Å²) in [6.07, 6.45) is 1.95. The molecule has 2 N–H and O–H groups in total. The van der Waals surface area contributed by atoms with Crippen LogP contribution in [0, 0.1) is 0 Å². The summed E-state index contributed by atoms with van der Waals surface area (Å²) in [5.74, 6) is 0.953. The van der Waals surface area contributed by atoms with E-state index in [1.54, 1.807) is 0 Å². The minimum Gasteiger partial charge on any atom is -0.492 e. The molecular weight excluding hydrogens is 370 g/mol. The first-order valence-corrected chi connectivity index (χ1v) is 11.1. The predicted octanol–water partition coefficient (Wildman–Crippen LogP) is -0.218. The molecule has 1 amide bonds. The quantitative estimate of drug-likeness (QED) is 0.629. The van der Waals surface area contributed by atoms with Gasteiger partial charge in [-0.2, -0.15) is 0 Å². The number of aliphatic hydroxyl groups is 1. The van der Waals surface area contributed by atoms with E-state index in [1.807, 2.05) is 34.1 Å². The Morgan fingerprint density at radius 2 is 2.00 bits per heavy atom. The van der Waals surface area contributed by atoms with Gasteiger partial charge in [0, 0.05) is 32.6 Å². The van der Waals surface area contributed by atoms with E-state index in [0.29, 0.717) is 39.2 Å². The number of hydrogen-bond donors (Lipinski definition) is 2. The van der Waals surface area contributed by atoms with Gasteiger partial charge in [0.2, 0.25) is 15.9 Å². The number of ether oxygens (including phenoxy) is 1. The van der Waals surface area contributed by atoms with Gasteiger partial charge in [-0.1, -0.05) is 12.1 Å². The monoisotopic (exact) mass is 397 g/mol. The zero-order valence-electron chi connectivity index (χ0n) is 15.5. The Balaban J connectivity index is 1.44. The molecule has 150 valence electrons. The molecule has 0 unspecified atom stereocenters. The number of β-amino-alcohol motifs (C(OH)–C–C–N with tert-alkyl or cyclic N) is 1. The predicted molar refractivity (Wildman–Crippen MR) is 101 cm³/mol. The molecule has 2 aliphatic rings. The fourth-order valence-electron chi connectivity index (χ4n) is 3.55. The van der Waals surface area contributed by atoms with Gasteiger partial charge in [0.15, 0.2) is 0 Å². The lowest BCUT2D eigenvalue weighted by Crippen LogP contribution is -2.42. The summed E-state index contributed by atoms with van der Waals surface area (Å²) in [7, 11) is -3.34. The average Bonchev–Trinajstić information content (AvgIpc) is 3.14. The van der Waals surface area contributed by atoms with Crippen molar-refractivity contribution in [2.45, 2.75) is 31.5 Å². The van der Waals surface area contributed by atoms with Crippen LogP contribution in [0.5, 0.6) is 5.75 Å². The van der Waals surface area contributed by atoms with E-state index in [0.717, 1.165) is 30.5 Å². The fourth-order valence-corrected chi connectivity index (χ4v) is 4.33.